The van der Waals surface area contributed by atoms with E-state index in [2.05, 4.69) is 10.1 Å². The van der Waals surface area contributed by atoms with Crippen molar-refractivity contribution < 1.29 is 28.5 Å². The van der Waals surface area contributed by atoms with Gasteiger partial charge < -0.3 is 24.3 Å². The summed E-state index contributed by atoms with van der Waals surface area (Å²) in [5.74, 6) is 0.878. The highest BCUT2D eigenvalue weighted by molar-refractivity contribution is 5.95. The Kier molecular flexibility index (Phi) is 5.26. The molecule has 3 rings (SSSR count). The Hall–Kier alpha value is -3.22. The zero-order valence-corrected chi connectivity index (χ0v) is 14.4. The minimum absolute atomic E-state index is 0.174. The molecule has 136 valence electrons. The van der Waals surface area contributed by atoms with Gasteiger partial charge in [0.25, 0.3) is 5.91 Å². The second kappa shape index (κ2) is 7.77. The molecular formula is C19H19NO6. The standard InChI is InChI=1S/C19H19NO6/c1-12-18(26-16-6-4-3-5-15(16)25-12)19(22)20-13-7-9-14(10-8-13)24-11-17(21)23-2/h3-10,12,18H,11H2,1-2H3,(H,20,22)/t12-,18-/m1/s1. The molecule has 2 aromatic rings. The maximum Gasteiger partial charge on any atom is 0.343 e. The van der Waals surface area contributed by atoms with Gasteiger partial charge >= 0.3 is 5.97 Å². The number of anilines is 1. The summed E-state index contributed by atoms with van der Waals surface area (Å²) in [6.45, 7) is 1.61. The molecule has 7 heteroatoms. The molecule has 7 nitrogen and oxygen atoms in total. The van der Waals surface area contributed by atoms with Crippen LogP contribution in [-0.2, 0) is 14.3 Å². The zero-order valence-electron chi connectivity index (χ0n) is 14.4. The zero-order chi connectivity index (χ0) is 18.5. The van der Waals surface area contributed by atoms with Crippen LogP contribution in [0.4, 0.5) is 5.69 Å². The second-order valence-corrected chi connectivity index (χ2v) is 5.69. The summed E-state index contributed by atoms with van der Waals surface area (Å²) in [4.78, 5) is 23.6. The summed E-state index contributed by atoms with van der Waals surface area (Å²) in [5, 5.41) is 2.78. The summed E-state index contributed by atoms with van der Waals surface area (Å²) in [5.41, 5.74) is 0.579. The van der Waals surface area contributed by atoms with E-state index >= 15 is 0 Å². The molecule has 1 heterocycles. The molecule has 1 aliphatic rings. The van der Waals surface area contributed by atoms with Crippen LogP contribution in [0.2, 0.25) is 0 Å². The van der Waals surface area contributed by atoms with E-state index in [-0.39, 0.29) is 12.5 Å². The first kappa shape index (κ1) is 17.6. The van der Waals surface area contributed by atoms with Crippen LogP contribution >= 0.6 is 0 Å². The number of benzene rings is 2. The van der Waals surface area contributed by atoms with E-state index < -0.39 is 18.2 Å². The van der Waals surface area contributed by atoms with Crippen LogP contribution in [0, 0.1) is 0 Å². The first-order valence-electron chi connectivity index (χ1n) is 8.09. The number of carbonyl (C=O) groups is 2. The van der Waals surface area contributed by atoms with Crippen LogP contribution in [-0.4, -0.2) is 37.8 Å². The van der Waals surface area contributed by atoms with Crippen molar-refractivity contribution in [2.24, 2.45) is 0 Å². The van der Waals surface area contributed by atoms with Crippen LogP contribution in [0.3, 0.4) is 0 Å². The maximum absolute atomic E-state index is 12.5. The molecule has 0 unspecified atom stereocenters. The molecular weight excluding hydrogens is 338 g/mol. The van der Waals surface area contributed by atoms with Crippen molar-refractivity contribution >= 4 is 17.6 Å². The number of hydrogen-bond donors (Lipinski definition) is 1. The van der Waals surface area contributed by atoms with Crippen molar-refractivity contribution in [1.82, 2.24) is 0 Å². The molecule has 1 aliphatic heterocycles. The summed E-state index contributed by atoms with van der Waals surface area (Å²) < 4.78 is 21.3. The van der Waals surface area contributed by atoms with Crippen LogP contribution in [0.5, 0.6) is 17.2 Å². The van der Waals surface area contributed by atoms with Crippen LogP contribution < -0.4 is 19.5 Å². The summed E-state index contributed by atoms with van der Waals surface area (Å²) in [6.07, 6.45) is -1.19. The predicted octanol–water partition coefficient (Wildman–Crippen LogP) is 2.41. The van der Waals surface area contributed by atoms with Gasteiger partial charge in [-0.2, -0.15) is 0 Å². The topological polar surface area (TPSA) is 83.1 Å². The van der Waals surface area contributed by atoms with Gasteiger partial charge in [-0.05, 0) is 43.3 Å². The SMILES string of the molecule is COC(=O)COc1ccc(NC(=O)[C@@H]2Oc3ccccc3O[C@@H]2C)cc1. The number of ether oxygens (including phenoxy) is 4. The fourth-order valence-corrected chi connectivity index (χ4v) is 2.46. The number of para-hydroxylation sites is 2. The molecule has 0 bridgehead atoms. The largest absolute Gasteiger partial charge is 0.482 e. The van der Waals surface area contributed by atoms with Gasteiger partial charge in [0.05, 0.1) is 7.11 Å². The summed E-state index contributed by atoms with van der Waals surface area (Å²) >= 11 is 0. The van der Waals surface area contributed by atoms with Gasteiger partial charge in [0.2, 0.25) is 6.10 Å². The molecule has 0 aliphatic carbocycles. The lowest BCUT2D eigenvalue weighted by Crippen LogP contribution is -2.46. The quantitative estimate of drug-likeness (QED) is 0.828. The average molecular weight is 357 g/mol. The molecule has 2 aromatic carbocycles. The highest BCUT2D eigenvalue weighted by Gasteiger charge is 2.34. The highest BCUT2D eigenvalue weighted by atomic mass is 16.6. The molecule has 0 fully saturated rings. The number of methoxy groups -OCH3 is 1. The highest BCUT2D eigenvalue weighted by Crippen LogP contribution is 2.33. The van der Waals surface area contributed by atoms with E-state index in [4.69, 9.17) is 14.2 Å². The van der Waals surface area contributed by atoms with E-state index in [0.717, 1.165) is 0 Å². The number of rotatable bonds is 5. The summed E-state index contributed by atoms with van der Waals surface area (Å²) in [6, 6.07) is 13.9. The smallest absolute Gasteiger partial charge is 0.343 e. The lowest BCUT2D eigenvalue weighted by Gasteiger charge is -2.31. The number of hydrogen-bond acceptors (Lipinski definition) is 6. The molecule has 0 saturated carbocycles. The van der Waals surface area contributed by atoms with E-state index in [1.54, 1.807) is 43.3 Å². The fraction of sp³-hybridized carbons (Fsp3) is 0.263. The van der Waals surface area contributed by atoms with Crippen molar-refractivity contribution in [2.45, 2.75) is 19.1 Å². The predicted molar refractivity (Wildman–Crippen MR) is 93.5 cm³/mol. The summed E-state index contributed by atoms with van der Waals surface area (Å²) in [7, 11) is 1.29. The molecule has 0 saturated heterocycles. The molecule has 2 atom stereocenters. The molecule has 1 N–H and O–H groups in total. The monoisotopic (exact) mass is 357 g/mol. The van der Waals surface area contributed by atoms with E-state index in [9.17, 15) is 9.59 Å². The van der Waals surface area contributed by atoms with Crippen LogP contribution in [0.15, 0.2) is 48.5 Å². The lowest BCUT2D eigenvalue weighted by molar-refractivity contribution is -0.142. The number of carbonyl (C=O) groups excluding carboxylic acids is 2. The van der Waals surface area contributed by atoms with Gasteiger partial charge in [0.15, 0.2) is 18.1 Å². The number of fused-ring (bicyclic) bond motifs is 1. The minimum atomic E-state index is -0.764. The minimum Gasteiger partial charge on any atom is -0.482 e. The van der Waals surface area contributed by atoms with E-state index in [1.807, 2.05) is 12.1 Å². The molecule has 0 radical (unpaired) electrons. The Morgan fingerprint density at radius 2 is 1.69 bits per heavy atom. The fourth-order valence-electron chi connectivity index (χ4n) is 2.46. The molecule has 0 spiro atoms. The van der Waals surface area contributed by atoms with Gasteiger partial charge in [-0.25, -0.2) is 4.79 Å². The number of nitrogens with one attached hydrogen (secondary N) is 1. The third kappa shape index (κ3) is 4.05. The van der Waals surface area contributed by atoms with Gasteiger partial charge in [-0.15, -0.1) is 0 Å². The lowest BCUT2D eigenvalue weighted by atomic mass is 10.1. The Balaban J connectivity index is 1.60. The van der Waals surface area contributed by atoms with Gasteiger partial charge in [-0.1, -0.05) is 12.1 Å². The van der Waals surface area contributed by atoms with Crippen molar-refractivity contribution in [3.63, 3.8) is 0 Å². The number of esters is 1. The maximum atomic E-state index is 12.5. The van der Waals surface area contributed by atoms with E-state index in [0.29, 0.717) is 22.9 Å². The first-order chi connectivity index (χ1) is 12.6. The Morgan fingerprint density at radius 3 is 2.35 bits per heavy atom. The first-order valence-corrected chi connectivity index (χ1v) is 8.09. The Bertz CT molecular complexity index is 789. The van der Waals surface area contributed by atoms with Crippen molar-refractivity contribution in [3.8, 4) is 17.2 Å². The van der Waals surface area contributed by atoms with Crippen molar-refractivity contribution in [1.29, 1.82) is 0 Å². The second-order valence-electron chi connectivity index (χ2n) is 5.69. The third-order valence-corrected chi connectivity index (χ3v) is 3.81. The van der Waals surface area contributed by atoms with Crippen LogP contribution in [0.25, 0.3) is 0 Å². The molecule has 1 amide bonds. The van der Waals surface area contributed by atoms with E-state index in [1.165, 1.54) is 7.11 Å². The number of amides is 1. The van der Waals surface area contributed by atoms with Crippen LogP contribution in [0.1, 0.15) is 6.92 Å². The average Bonchev–Trinajstić information content (AvgIpc) is 2.66. The van der Waals surface area contributed by atoms with Crippen molar-refractivity contribution in [3.05, 3.63) is 48.5 Å². The molecule has 0 aromatic heterocycles. The van der Waals surface area contributed by atoms with Gasteiger partial charge in [0.1, 0.15) is 11.9 Å². The third-order valence-electron chi connectivity index (χ3n) is 3.81. The Labute approximate surface area is 150 Å². The normalized spacial score (nSPS) is 17.9. The van der Waals surface area contributed by atoms with Gasteiger partial charge in [0, 0.05) is 5.69 Å². The van der Waals surface area contributed by atoms with Gasteiger partial charge in [-0.3, -0.25) is 4.79 Å². The Morgan fingerprint density at radius 1 is 1.04 bits per heavy atom. The van der Waals surface area contributed by atoms with Crippen molar-refractivity contribution in [2.75, 3.05) is 19.0 Å². The molecule has 26 heavy (non-hydrogen) atoms.